The highest BCUT2D eigenvalue weighted by atomic mass is 16.8. The summed E-state index contributed by atoms with van der Waals surface area (Å²) in [6, 6.07) is 0. The van der Waals surface area contributed by atoms with Crippen LogP contribution >= 0.6 is 0 Å². The van der Waals surface area contributed by atoms with Gasteiger partial charge in [0, 0.05) is 5.41 Å². The molecule has 10 N–H and O–H groups in total. The summed E-state index contributed by atoms with van der Waals surface area (Å²) in [6.07, 6.45) is -6.28. The summed E-state index contributed by atoms with van der Waals surface area (Å²) in [5, 5.41) is 108. The van der Waals surface area contributed by atoms with E-state index in [9.17, 15) is 51.1 Å². The number of aliphatic hydroxyl groups is 10. The molecule has 0 spiro atoms. The van der Waals surface area contributed by atoms with Crippen LogP contribution in [0.25, 0.3) is 0 Å². The van der Waals surface area contributed by atoms with Crippen LogP contribution < -0.4 is 0 Å². The van der Waals surface area contributed by atoms with Gasteiger partial charge in [0.2, 0.25) is 0 Å². The molecule has 4 aliphatic carbocycles. The second-order valence-electron chi connectivity index (χ2n) is 19.5. The highest BCUT2D eigenvalue weighted by Crippen LogP contribution is 2.76. The van der Waals surface area contributed by atoms with E-state index >= 15 is 0 Å². The Balaban J connectivity index is 1.24. The van der Waals surface area contributed by atoms with Crippen molar-refractivity contribution in [1.29, 1.82) is 0 Å². The van der Waals surface area contributed by atoms with Gasteiger partial charge in [-0.1, -0.05) is 39.3 Å². The van der Waals surface area contributed by atoms with Gasteiger partial charge in [0.15, 0.2) is 12.6 Å². The van der Waals surface area contributed by atoms with E-state index in [0.29, 0.717) is 32.1 Å². The van der Waals surface area contributed by atoms with Crippen molar-refractivity contribution in [2.45, 2.75) is 172 Å². The maximum absolute atomic E-state index is 12.5. The first-order valence-corrected chi connectivity index (χ1v) is 20.6. The molecule has 6 fully saturated rings. The summed E-state index contributed by atoms with van der Waals surface area (Å²) in [6.45, 7) is 11.4. The summed E-state index contributed by atoms with van der Waals surface area (Å²) in [7, 11) is 0. The van der Waals surface area contributed by atoms with Gasteiger partial charge >= 0.3 is 0 Å². The lowest BCUT2D eigenvalue weighted by Crippen LogP contribution is -2.71. The van der Waals surface area contributed by atoms with Crippen molar-refractivity contribution in [2.24, 2.45) is 45.3 Å². The molecule has 6 aliphatic rings. The fraction of sp³-hybridized carbons (Fsp3) is 0.951. The van der Waals surface area contributed by atoms with Crippen molar-refractivity contribution in [3.63, 3.8) is 0 Å². The first-order chi connectivity index (χ1) is 25.7. The fourth-order valence-corrected chi connectivity index (χ4v) is 13.2. The molecule has 14 heteroatoms. The molecule has 318 valence electrons. The first-order valence-electron chi connectivity index (χ1n) is 20.6. The number of rotatable bonds is 11. The van der Waals surface area contributed by atoms with E-state index in [1.807, 2.05) is 19.9 Å². The smallest absolute Gasteiger partial charge is 0.187 e. The van der Waals surface area contributed by atoms with Gasteiger partial charge in [0.05, 0.1) is 44.2 Å². The molecule has 2 saturated heterocycles. The Morgan fingerprint density at radius 1 is 0.836 bits per heavy atom. The monoisotopic (exact) mass is 786 g/mol. The number of fused-ring (bicyclic) bond motifs is 5. The first kappa shape index (κ1) is 43.8. The minimum atomic E-state index is -1.66. The molecular weight excluding hydrogens is 716 g/mol. The summed E-state index contributed by atoms with van der Waals surface area (Å²) in [5.74, 6) is 0.0592. The highest BCUT2D eigenvalue weighted by molar-refractivity contribution is 5.22. The molecule has 2 aliphatic heterocycles. The lowest BCUT2D eigenvalue weighted by atomic mass is 9.34. The van der Waals surface area contributed by atoms with Crippen molar-refractivity contribution in [2.75, 3.05) is 26.4 Å². The van der Waals surface area contributed by atoms with Gasteiger partial charge in [0.25, 0.3) is 0 Å². The lowest BCUT2D eigenvalue weighted by Gasteiger charge is -2.71. The molecule has 0 bridgehead atoms. The average molecular weight is 787 g/mol. The van der Waals surface area contributed by atoms with Crippen LogP contribution in [0.3, 0.4) is 0 Å². The highest BCUT2D eigenvalue weighted by Gasteiger charge is 2.74. The van der Waals surface area contributed by atoms with E-state index in [2.05, 4.69) is 27.7 Å². The van der Waals surface area contributed by atoms with E-state index in [-0.39, 0.29) is 48.9 Å². The number of hydrogen-bond acceptors (Lipinski definition) is 14. The van der Waals surface area contributed by atoms with Gasteiger partial charge in [-0.05, 0) is 112 Å². The summed E-state index contributed by atoms with van der Waals surface area (Å²) in [5.41, 5.74) is -2.12. The second-order valence-corrected chi connectivity index (χ2v) is 19.5. The minimum Gasteiger partial charge on any atom is -0.396 e. The zero-order valence-electron chi connectivity index (χ0n) is 33.5. The molecule has 0 aromatic carbocycles. The van der Waals surface area contributed by atoms with Crippen LogP contribution in [-0.4, -0.2) is 151 Å². The van der Waals surface area contributed by atoms with Crippen LogP contribution in [0, 0.1) is 45.3 Å². The molecule has 0 amide bonds. The van der Waals surface area contributed by atoms with Crippen LogP contribution in [0.15, 0.2) is 11.6 Å². The summed E-state index contributed by atoms with van der Waals surface area (Å²) < 4.78 is 24.1. The van der Waals surface area contributed by atoms with Crippen molar-refractivity contribution in [3.8, 4) is 0 Å². The molecule has 55 heavy (non-hydrogen) atoms. The Morgan fingerprint density at radius 3 is 2.20 bits per heavy atom. The molecule has 0 radical (unpaired) electrons. The van der Waals surface area contributed by atoms with Gasteiger partial charge in [-0.15, -0.1) is 0 Å². The standard InChI is InChI=1S/C41H70O14/c1-21(17-42)8-7-13-40(6,51)23-11-15-39(5)22(23)9-10-26-38(4)14-12-29(37(2,3)27(38)16-28(46)41(26,39)20-44)54-36-34(32(49)31(48)25(18-43)53-36)55-35-33(50)30(47)24(45)19-52-35/h8,22-36,42-51H,7,9-20H2,1-6H3/b21-8+/t22-,23+,24+,25+,26+,27+,28+,29-,30-,31-,32-,33-,34-,35+,36-,38-,39+,40-,41+/m0/s1. The van der Waals surface area contributed by atoms with Crippen molar-refractivity contribution in [1.82, 2.24) is 0 Å². The summed E-state index contributed by atoms with van der Waals surface area (Å²) >= 11 is 0. The zero-order valence-corrected chi connectivity index (χ0v) is 33.5. The molecular formula is C41H70O14. The predicted molar refractivity (Wildman–Crippen MR) is 198 cm³/mol. The third-order valence-corrected chi connectivity index (χ3v) is 16.4. The van der Waals surface area contributed by atoms with E-state index in [0.717, 1.165) is 31.3 Å². The Hall–Kier alpha value is -0.820. The van der Waals surface area contributed by atoms with Crippen LogP contribution in [-0.2, 0) is 18.9 Å². The third kappa shape index (κ3) is 7.09. The molecule has 19 atom stereocenters. The molecule has 2 heterocycles. The van der Waals surface area contributed by atoms with Crippen LogP contribution in [0.1, 0.15) is 99.3 Å². The number of hydrogen-bond donors (Lipinski definition) is 10. The molecule has 0 unspecified atom stereocenters. The van der Waals surface area contributed by atoms with Crippen LogP contribution in [0.5, 0.6) is 0 Å². The normalized spacial score (nSPS) is 51.1. The second kappa shape index (κ2) is 16.0. The van der Waals surface area contributed by atoms with Crippen molar-refractivity contribution < 1.29 is 70.0 Å². The molecule has 6 rings (SSSR count). The van der Waals surface area contributed by atoms with Gasteiger partial charge in [0.1, 0.15) is 42.7 Å². The number of aliphatic hydroxyl groups excluding tert-OH is 9. The SMILES string of the molecule is C/C(=C\CC[C@](C)(O)[C@@H]1CC[C@]2(C)[C@H]1CC[C@@H]1[C@]3(C)CC[C@H](O[C@@H]4O[C@H](CO)[C@H](O)[C@H](O)[C@@H]4O[C@H]4OC[C@@H](O)[C@H](O)[C@@H]4O)C(C)(C)[C@H]3C[C@@H](O)[C@@]12CO)CO. The van der Waals surface area contributed by atoms with E-state index in [1.165, 1.54) is 0 Å². The van der Waals surface area contributed by atoms with Crippen molar-refractivity contribution >= 4 is 0 Å². The predicted octanol–water partition coefficient (Wildman–Crippen LogP) is 0.733. The fourth-order valence-electron chi connectivity index (χ4n) is 13.2. The van der Waals surface area contributed by atoms with Crippen LogP contribution in [0.2, 0.25) is 0 Å². The maximum atomic E-state index is 12.5. The van der Waals surface area contributed by atoms with Gasteiger partial charge < -0.3 is 70.0 Å². The molecule has 0 aromatic heterocycles. The topological polar surface area (TPSA) is 239 Å². The minimum absolute atomic E-state index is 0.00614. The van der Waals surface area contributed by atoms with E-state index in [4.69, 9.17) is 18.9 Å². The summed E-state index contributed by atoms with van der Waals surface area (Å²) in [4.78, 5) is 0. The van der Waals surface area contributed by atoms with Crippen molar-refractivity contribution in [3.05, 3.63) is 11.6 Å². The van der Waals surface area contributed by atoms with Gasteiger partial charge in [-0.25, -0.2) is 0 Å². The van der Waals surface area contributed by atoms with Gasteiger partial charge in [-0.3, -0.25) is 0 Å². The number of allylic oxidation sites excluding steroid dienone is 1. The lowest BCUT2D eigenvalue weighted by molar-refractivity contribution is -0.372. The van der Waals surface area contributed by atoms with Gasteiger partial charge in [-0.2, -0.15) is 0 Å². The van der Waals surface area contributed by atoms with E-state index < -0.39 is 96.0 Å². The Labute approximate surface area is 325 Å². The quantitative estimate of drug-likeness (QED) is 0.103. The maximum Gasteiger partial charge on any atom is 0.187 e. The Morgan fingerprint density at radius 2 is 1.55 bits per heavy atom. The molecule has 4 saturated carbocycles. The molecule has 0 aromatic rings. The Bertz CT molecular complexity index is 1360. The van der Waals surface area contributed by atoms with Crippen LogP contribution in [0.4, 0.5) is 0 Å². The molecule has 14 nitrogen and oxygen atoms in total. The average Bonchev–Trinajstić information content (AvgIpc) is 3.51. The largest absolute Gasteiger partial charge is 0.396 e. The number of ether oxygens (including phenoxy) is 4. The third-order valence-electron chi connectivity index (χ3n) is 16.4. The zero-order chi connectivity index (χ0) is 40.5. The van der Waals surface area contributed by atoms with E-state index in [1.54, 1.807) is 0 Å². The Kier molecular flexibility index (Phi) is 12.7.